The molecule has 2 aromatic rings. The van der Waals surface area contributed by atoms with Crippen LogP contribution in [0.1, 0.15) is 29.8 Å². The molecule has 156 valence electrons. The molecule has 1 fully saturated rings. The normalized spacial score (nSPS) is 15.1. The number of pyridine rings is 1. The second-order valence-electron chi connectivity index (χ2n) is 7.57. The molecule has 0 unspecified atom stereocenters. The molecule has 1 aliphatic heterocycles. The molecule has 1 aromatic heterocycles. The molecule has 6 nitrogen and oxygen atoms in total. The third-order valence-corrected chi connectivity index (χ3v) is 6.95. The van der Waals surface area contributed by atoms with E-state index >= 15 is 0 Å². The molecular weight excluding hydrogens is 406 g/mol. The SMILES string of the molecule is Cc1ccc(N2CCN(C(=O)c3cc(S(C)(=O)=O)ccc3SC(C)C)CC2)nc1. The van der Waals surface area contributed by atoms with Gasteiger partial charge in [-0.25, -0.2) is 13.4 Å². The summed E-state index contributed by atoms with van der Waals surface area (Å²) in [6, 6.07) is 8.89. The van der Waals surface area contributed by atoms with Crippen LogP contribution < -0.4 is 4.90 Å². The highest BCUT2D eigenvalue weighted by Crippen LogP contribution is 2.30. The van der Waals surface area contributed by atoms with E-state index in [4.69, 9.17) is 0 Å². The lowest BCUT2D eigenvalue weighted by Gasteiger charge is -2.35. The number of hydrogen-bond acceptors (Lipinski definition) is 6. The van der Waals surface area contributed by atoms with Crippen LogP contribution >= 0.6 is 11.8 Å². The maximum Gasteiger partial charge on any atom is 0.255 e. The molecule has 3 rings (SSSR count). The highest BCUT2D eigenvalue weighted by Gasteiger charge is 2.26. The summed E-state index contributed by atoms with van der Waals surface area (Å²) >= 11 is 1.57. The molecule has 0 atom stereocenters. The molecule has 1 amide bonds. The summed E-state index contributed by atoms with van der Waals surface area (Å²) < 4.78 is 24.0. The monoisotopic (exact) mass is 433 g/mol. The summed E-state index contributed by atoms with van der Waals surface area (Å²) in [6.45, 7) is 8.64. The minimum Gasteiger partial charge on any atom is -0.353 e. The van der Waals surface area contributed by atoms with Crippen molar-refractivity contribution in [2.75, 3.05) is 37.3 Å². The van der Waals surface area contributed by atoms with Crippen molar-refractivity contribution >= 4 is 33.3 Å². The van der Waals surface area contributed by atoms with E-state index in [1.165, 1.54) is 12.3 Å². The molecule has 0 saturated carbocycles. The van der Waals surface area contributed by atoms with E-state index < -0.39 is 9.84 Å². The Morgan fingerprint density at radius 2 is 1.79 bits per heavy atom. The summed E-state index contributed by atoms with van der Waals surface area (Å²) in [6.07, 6.45) is 3.01. The molecule has 8 heteroatoms. The fourth-order valence-corrected chi connectivity index (χ4v) is 4.79. The highest BCUT2D eigenvalue weighted by atomic mass is 32.2. The van der Waals surface area contributed by atoms with E-state index in [-0.39, 0.29) is 16.1 Å². The number of piperazine rings is 1. The van der Waals surface area contributed by atoms with Crippen LogP contribution in [-0.4, -0.2) is 61.9 Å². The van der Waals surface area contributed by atoms with Gasteiger partial charge in [-0.2, -0.15) is 0 Å². The first-order chi connectivity index (χ1) is 13.6. The van der Waals surface area contributed by atoms with Crippen LogP contribution in [0.2, 0.25) is 0 Å². The number of carbonyl (C=O) groups is 1. The van der Waals surface area contributed by atoms with Gasteiger partial charge in [-0.05, 0) is 36.8 Å². The Kier molecular flexibility index (Phi) is 6.53. The van der Waals surface area contributed by atoms with Crippen molar-refractivity contribution < 1.29 is 13.2 Å². The number of carbonyl (C=O) groups excluding carboxylic acids is 1. The van der Waals surface area contributed by atoms with E-state index in [0.717, 1.165) is 16.3 Å². The largest absolute Gasteiger partial charge is 0.353 e. The van der Waals surface area contributed by atoms with E-state index in [1.807, 2.05) is 25.3 Å². The average Bonchev–Trinajstić information content (AvgIpc) is 2.67. The topological polar surface area (TPSA) is 70.6 Å². The maximum absolute atomic E-state index is 13.3. The quantitative estimate of drug-likeness (QED) is 0.674. The van der Waals surface area contributed by atoms with Gasteiger partial charge in [-0.3, -0.25) is 4.79 Å². The van der Waals surface area contributed by atoms with Crippen molar-refractivity contribution in [3.63, 3.8) is 0 Å². The second-order valence-corrected chi connectivity index (χ2v) is 11.2. The lowest BCUT2D eigenvalue weighted by atomic mass is 10.1. The van der Waals surface area contributed by atoms with Crippen LogP contribution in [0.4, 0.5) is 5.82 Å². The molecule has 1 aliphatic rings. The lowest BCUT2D eigenvalue weighted by molar-refractivity contribution is 0.0742. The molecule has 1 saturated heterocycles. The minimum absolute atomic E-state index is 0.116. The Labute approximate surface area is 177 Å². The number of rotatable bonds is 5. The summed E-state index contributed by atoms with van der Waals surface area (Å²) in [4.78, 5) is 22.7. The van der Waals surface area contributed by atoms with Gasteiger partial charge in [0.15, 0.2) is 9.84 Å². The first-order valence-corrected chi connectivity index (χ1v) is 12.4. The summed E-state index contributed by atoms with van der Waals surface area (Å²) in [5.41, 5.74) is 1.58. The standard InChI is InChI=1S/C21H27N3O3S2/c1-15(2)28-19-7-6-17(29(4,26)27)13-18(19)21(25)24-11-9-23(10-12-24)20-8-5-16(3)14-22-20/h5-8,13-15H,9-12H2,1-4H3. The molecule has 0 bridgehead atoms. The first-order valence-electron chi connectivity index (χ1n) is 9.63. The fraction of sp³-hybridized carbons (Fsp3) is 0.429. The van der Waals surface area contributed by atoms with Gasteiger partial charge < -0.3 is 9.80 Å². The van der Waals surface area contributed by atoms with E-state index in [1.54, 1.807) is 28.8 Å². The van der Waals surface area contributed by atoms with Gasteiger partial charge in [-0.15, -0.1) is 11.8 Å². The number of nitrogens with zero attached hydrogens (tertiary/aromatic N) is 3. The molecule has 29 heavy (non-hydrogen) atoms. The molecule has 0 radical (unpaired) electrons. The summed E-state index contributed by atoms with van der Waals surface area (Å²) in [5.74, 6) is 0.799. The fourth-order valence-electron chi connectivity index (χ4n) is 3.22. The zero-order valence-corrected chi connectivity index (χ0v) is 18.9. The Bertz CT molecular complexity index is 981. The van der Waals surface area contributed by atoms with Crippen molar-refractivity contribution in [3.8, 4) is 0 Å². The first kappa shape index (κ1) is 21.6. The third-order valence-electron chi connectivity index (χ3n) is 4.76. The lowest BCUT2D eigenvalue weighted by Crippen LogP contribution is -2.49. The van der Waals surface area contributed by atoms with Crippen LogP contribution in [0.25, 0.3) is 0 Å². The predicted octanol–water partition coefficient (Wildman–Crippen LogP) is 3.26. The van der Waals surface area contributed by atoms with Crippen LogP contribution in [-0.2, 0) is 9.84 Å². The maximum atomic E-state index is 13.3. The smallest absolute Gasteiger partial charge is 0.255 e. The number of benzene rings is 1. The molecule has 2 heterocycles. The van der Waals surface area contributed by atoms with Crippen molar-refractivity contribution in [1.29, 1.82) is 0 Å². The number of sulfone groups is 1. The van der Waals surface area contributed by atoms with Crippen molar-refractivity contribution in [3.05, 3.63) is 47.7 Å². The Morgan fingerprint density at radius 3 is 2.34 bits per heavy atom. The number of amides is 1. The zero-order chi connectivity index (χ0) is 21.2. The second kappa shape index (κ2) is 8.75. The number of anilines is 1. The highest BCUT2D eigenvalue weighted by molar-refractivity contribution is 8.00. The van der Waals surface area contributed by atoms with E-state index in [9.17, 15) is 13.2 Å². The van der Waals surface area contributed by atoms with Gasteiger partial charge in [0.1, 0.15) is 5.82 Å². The van der Waals surface area contributed by atoms with Crippen molar-refractivity contribution in [2.45, 2.75) is 35.8 Å². The molecule has 0 spiro atoms. The summed E-state index contributed by atoms with van der Waals surface area (Å²) in [5, 5.41) is 0.287. The van der Waals surface area contributed by atoms with E-state index in [0.29, 0.717) is 31.7 Å². The van der Waals surface area contributed by atoms with Crippen molar-refractivity contribution in [1.82, 2.24) is 9.88 Å². The van der Waals surface area contributed by atoms with Crippen LogP contribution in [0, 0.1) is 6.92 Å². The number of thioether (sulfide) groups is 1. The number of aryl methyl sites for hydroxylation is 1. The van der Waals surface area contributed by atoms with Gasteiger partial charge in [0.05, 0.1) is 10.5 Å². The zero-order valence-electron chi connectivity index (χ0n) is 17.3. The van der Waals surface area contributed by atoms with Gasteiger partial charge >= 0.3 is 0 Å². The summed E-state index contributed by atoms with van der Waals surface area (Å²) in [7, 11) is -3.38. The Morgan fingerprint density at radius 1 is 1.10 bits per heavy atom. The molecule has 0 aliphatic carbocycles. The molecule has 0 N–H and O–H groups in total. The van der Waals surface area contributed by atoms with Crippen LogP contribution in [0.15, 0.2) is 46.3 Å². The molecular formula is C21H27N3O3S2. The van der Waals surface area contributed by atoms with Gasteiger partial charge in [0, 0.05) is 48.8 Å². The number of hydrogen-bond donors (Lipinski definition) is 0. The van der Waals surface area contributed by atoms with Gasteiger partial charge in [-0.1, -0.05) is 19.9 Å². The average molecular weight is 434 g/mol. The minimum atomic E-state index is -3.38. The van der Waals surface area contributed by atoms with E-state index in [2.05, 4.69) is 23.7 Å². The van der Waals surface area contributed by atoms with Crippen LogP contribution in [0.3, 0.4) is 0 Å². The predicted molar refractivity (Wildman–Crippen MR) is 118 cm³/mol. The van der Waals surface area contributed by atoms with Gasteiger partial charge in [0.2, 0.25) is 0 Å². The van der Waals surface area contributed by atoms with Crippen LogP contribution in [0.5, 0.6) is 0 Å². The molecule has 1 aromatic carbocycles. The number of aromatic nitrogens is 1. The van der Waals surface area contributed by atoms with Gasteiger partial charge in [0.25, 0.3) is 5.91 Å². The van der Waals surface area contributed by atoms with Crippen molar-refractivity contribution in [2.24, 2.45) is 0 Å². The Balaban J connectivity index is 1.80. The third kappa shape index (κ3) is 5.30. The Hall–Kier alpha value is -2.06.